The topological polar surface area (TPSA) is 62.2 Å². The summed E-state index contributed by atoms with van der Waals surface area (Å²) in [6, 6.07) is 9.82. The minimum Gasteiger partial charge on any atom is -0.336 e. The number of aromatic nitrogens is 2. The molecule has 2 N–H and O–H groups in total. The van der Waals surface area contributed by atoms with E-state index in [1.165, 1.54) is 18.4 Å². The Morgan fingerprint density at radius 3 is 2.88 bits per heavy atom. The van der Waals surface area contributed by atoms with Gasteiger partial charge in [0.25, 0.3) is 0 Å². The van der Waals surface area contributed by atoms with E-state index in [4.69, 9.17) is 0 Å². The number of likely N-dealkylation sites (tertiary alicyclic amines) is 1. The second-order valence-corrected chi connectivity index (χ2v) is 6.66. The van der Waals surface area contributed by atoms with Crippen molar-refractivity contribution >= 4 is 11.7 Å². The van der Waals surface area contributed by atoms with Crippen LogP contribution in [-0.2, 0) is 13.5 Å². The number of aryl methyl sites for hydroxylation is 1. The van der Waals surface area contributed by atoms with E-state index in [0.29, 0.717) is 12.6 Å². The normalized spacial score (nSPS) is 18.0. The lowest BCUT2D eigenvalue weighted by Crippen LogP contribution is -2.48. The Labute approximate surface area is 149 Å². The second kappa shape index (κ2) is 8.67. The van der Waals surface area contributed by atoms with Crippen LogP contribution in [0.25, 0.3) is 0 Å². The van der Waals surface area contributed by atoms with Gasteiger partial charge >= 0.3 is 6.03 Å². The highest BCUT2D eigenvalue weighted by Gasteiger charge is 2.22. The molecule has 3 rings (SSSR count). The van der Waals surface area contributed by atoms with Crippen molar-refractivity contribution in [3.05, 3.63) is 48.3 Å². The molecule has 1 saturated heterocycles. The van der Waals surface area contributed by atoms with Gasteiger partial charge < -0.3 is 10.6 Å². The van der Waals surface area contributed by atoms with E-state index in [1.54, 1.807) is 0 Å². The van der Waals surface area contributed by atoms with Gasteiger partial charge in [-0.25, -0.2) is 4.79 Å². The fourth-order valence-corrected chi connectivity index (χ4v) is 3.37. The zero-order chi connectivity index (χ0) is 17.5. The van der Waals surface area contributed by atoms with Crippen molar-refractivity contribution in [1.82, 2.24) is 20.0 Å². The molecule has 0 bridgehead atoms. The lowest BCUT2D eigenvalue weighted by atomic mass is 10.0. The fourth-order valence-electron chi connectivity index (χ4n) is 3.37. The predicted octanol–water partition coefficient (Wildman–Crippen LogP) is 2.64. The van der Waals surface area contributed by atoms with E-state index in [-0.39, 0.29) is 6.03 Å². The first-order chi connectivity index (χ1) is 12.2. The number of nitrogens with one attached hydrogen (secondary N) is 2. The van der Waals surface area contributed by atoms with Crippen molar-refractivity contribution in [1.29, 1.82) is 0 Å². The SMILES string of the molecule is Cn1cc(CCN2CCCCC2CNC(=O)Nc2ccccc2)cn1. The number of hydrogen-bond acceptors (Lipinski definition) is 3. The molecular formula is C19H27N5O. The first kappa shape index (κ1) is 17.5. The molecule has 25 heavy (non-hydrogen) atoms. The lowest BCUT2D eigenvalue weighted by molar-refractivity contribution is 0.148. The van der Waals surface area contributed by atoms with E-state index in [1.807, 2.05) is 48.3 Å². The number of urea groups is 1. The van der Waals surface area contributed by atoms with Crippen LogP contribution < -0.4 is 10.6 Å². The molecule has 6 nitrogen and oxygen atoms in total. The fraction of sp³-hybridized carbons (Fsp3) is 0.474. The van der Waals surface area contributed by atoms with Gasteiger partial charge in [0, 0.05) is 38.1 Å². The van der Waals surface area contributed by atoms with Crippen LogP contribution in [0, 0.1) is 0 Å². The number of hydrogen-bond donors (Lipinski definition) is 2. The van der Waals surface area contributed by atoms with Crippen molar-refractivity contribution in [2.24, 2.45) is 7.05 Å². The van der Waals surface area contributed by atoms with Crippen LogP contribution in [0.5, 0.6) is 0 Å². The quantitative estimate of drug-likeness (QED) is 0.849. The van der Waals surface area contributed by atoms with Gasteiger partial charge in [-0.3, -0.25) is 9.58 Å². The van der Waals surface area contributed by atoms with Gasteiger partial charge in [-0.1, -0.05) is 24.6 Å². The summed E-state index contributed by atoms with van der Waals surface area (Å²) < 4.78 is 1.85. The molecule has 2 aromatic rings. The van der Waals surface area contributed by atoms with Crippen LogP contribution in [0.2, 0.25) is 0 Å². The van der Waals surface area contributed by atoms with Crippen molar-refractivity contribution in [3.63, 3.8) is 0 Å². The van der Waals surface area contributed by atoms with Crippen LogP contribution >= 0.6 is 0 Å². The highest BCUT2D eigenvalue weighted by molar-refractivity contribution is 5.89. The van der Waals surface area contributed by atoms with E-state index in [2.05, 4.69) is 26.8 Å². The van der Waals surface area contributed by atoms with E-state index >= 15 is 0 Å². The molecule has 134 valence electrons. The maximum absolute atomic E-state index is 12.1. The third kappa shape index (κ3) is 5.32. The average Bonchev–Trinajstić information content (AvgIpc) is 3.05. The first-order valence-corrected chi connectivity index (χ1v) is 9.02. The molecule has 6 heteroatoms. The number of carbonyl (C=O) groups excluding carboxylic acids is 1. The Morgan fingerprint density at radius 2 is 2.12 bits per heavy atom. The van der Waals surface area contributed by atoms with Crippen LogP contribution in [0.1, 0.15) is 24.8 Å². The molecule has 0 aliphatic carbocycles. The van der Waals surface area contributed by atoms with Crippen molar-refractivity contribution < 1.29 is 4.79 Å². The zero-order valence-electron chi connectivity index (χ0n) is 14.8. The highest BCUT2D eigenvalue weighted by atomic mass is 16.2. The Bertz CT molecular complexity index is 669. The van der Waals surface area contributed by atoms with Gasteiger partial charge in [-0.05, 0) is 43.5 Å². The van der Waals surface area contributed by atoms with Crippen molar-refractivity contribution in [2.45, 2.75) is 31.7 Å². The van der Waals surface area contributed by atoms with E-state index in [9.17, 15) is 4.79 Å². The minimum absolute atomic E-state index is 0.135. The molecule has 2 amide bonds. The van der Waals surface area contributed by atoms with Gasteiger partial charge in [-0.15, -0.1) is 0 Å². The molecule has 1 unspecified atom stereocenters. The zero-order valence-corrected chi connectivity index (χ0v) is 14.8. The van der Waals surface area contributed by atoms with E-state index < -0.39 is 0 Å². The molecule has 0 spiro atoms. The number of amides is 2. The summed E-state index contributed by atoms with van der Waals surface area (Å²) in [5.41, 5.74) is 2.08. The third-order valence-corrected chi connectivity index (χ3v) is 4.73. The summed E-state index contributed by atoms with van der Waals surface area (Å²) >= 11 is 0. The smallest absolute Gasteiger partial charge is 0.319 e. The molecule has 1 aromatic heterocycles. The maximum atomic E-state index is 12.1. The molecular weight excluding hydrogens is 314 g/mol. The summed E-state index contributed by atoms with van der Waals surface area (Å²) in [4.78, 5) is 14.6. The number of benzene rings is 1. The Kier molecular flexibility index (Phi) is 6.06. The van der Waals surface area contributed by atoms with Crippen molar-refractivity contribution in [2.75, 3.05) is 25.0 Å². The first-order valence-electron chi connectivity index (χ1n) is 9.02. The van der Waals surface area contributed by atoms with Crippen molar-refractivity contribution in [3.8, 4) is 0 Å². The molecule has 1 fully saturated rings. The Balaban J connectivity index is 1.46. The Hall–Kier alpha value is -2.34. The second-order valence-electron chi connectivity index (χ2n) is 6.66. The van der Waals surface area contributed by atoms with Gasteiger partial charge in [0.1, 0.15) is 0 Å². The van der Waals surface area contributed by atoms with Crippen LogP contribution in [0.3, 0.4) is 0 Å². The number of para-hydroxylation sites is 1. The lowest BCUT2D eigenvalue weighted by Gasteiger charge is -2.35. The minimum atomic E-state index is -0.135. The van der Waals surface area contributed by atoms with Gasteiger partial charge in [0.2, 0.25) is 0 Å². The van der Waals surface area contributed by atoms with Crippen LogP contribution in [0.4, 0.5) is 10.5 Å². The molecule has 1 aromatic carbocycles. The summed E-state index contributed by atoms with van der Waals surface area (Å²) in [6.07, 6.45) is 8.62. The standard InChI is InChI=1S/C19H27N5O/c1-23-15-16(13-21-23)10-12-24-11-6-5-9-18(24)14-20-19(25)22-17-7-3-2-4-8-17/h2-4,7-8,13,15,18H,5-6,9-12,14H2,1H3,(H2,20,22,25). The summed E-state index contributed by atoms with van der Waals surface area (Å²) in [7, 11) is 1.95. The average molecular weight is 341 g/mol. The van der Waals surface area contributed by atoms with Gasteiger partial charge in [0.05, 0.1) is 6.20 Å². The molecule has 2 heterocycles. The monoisotopic (exact) mass is 341 g/mol. The van der Waals surface area contributed by atoms with Gasteiger partial charge in [-0.2, -0.15) is 5.10 Å². The summed E-state index contributed by atoms with van der Waals surface area (Å²) in [5, 5.41) is 10.1. The third-order valence-electron chi connectivity index (χ3n) is 4.73. The number of rotatable bonds is 6. The highest BCUT2D eigenvalue weighted by Crippen LogP contribution is 2.17. The van der Waals surface area contributed by atoms with E-state index in [0.717, 1.165) is 31.6 Å². The predicted molar refractivity (Wildman–Crippen MR) is 99.6 cm³/mol. The van der Waals surface area contributed by atoms with Crippen LogP contribution in [-0.4, -0.2) is 46.4 Å². The summed E-state index contributed by atoms with van der Waals surface area (Å²) in [6.45, 7) is 2.80. The molecule has 1 atom stereocenters. The molecule has 1 aliphatic heterocycles. The maximum Gasteiger partial charge on any atom is 0.319 e. The van der Waals surface area contributed by atoms with Gasteiger partial charge in [0.15, 0.2) is 0 Å². The number of nitrogens with zero attached hydrogens (tertiary/aromatic N) is 3. The Morgan fingerprint density at radius 1 is 1.28 bits per heavy atom. The largest absolute Gasteiger partial charge is 0.336 e. The number of carbonyl (C=O) groups is 1. The molecule has 0 saturated carbocycles. The number of piperidine rings is 1. The molecule has 0 radical (unpaired) electrons. The van der Waals surface area contributed by atoms with Crippen LogP contribution in [0.15, 0.2) is 42.7 Å². The number of anilines is 1. The summed E-state index contributed by atoms with van der Waals surface area (Å²) in [5.74, 6) is 0. The molecule has 1 aliphatic rings.